The first kappa shape index (κ1) is 20.1. The second-order valence-corrected chi connectivity index (χ2v) is 8.77. The van der Waals surface area contributed by atoms with Crippen molar-refractivity contribution in [3.05, 3.63) is 0 Å². The van der Waals surface area contributed by atoms with Gasteiger partial charge in [0.2, 0.25) is 0 Å². The quantitative estimate of drug-likeness (QED) is 0.389. The van der Waals surface area contributed by atoms with Crippen LogP contribution in [0.5, 0.6) is 0 Å². The molecule has 4 bridgehead atoms. The minimum absolute atomic E-state index is 0.0909. The first-order valence-corrected chi connectivity index (χ1v) is 10.7. The van der Waals surface area contributed by atoms with E-state index in [4.69, 9.17) is 9.39 Å². The minimum Gasteiger partial charge on any atom is -0.465 e. The maximum Gasteiger partial charge on any atom is 0.418 e. The number of piperidine rings is 2. The third-order valence-electron chi connectivity index (χ3n) is 6.04. The lowest BCUT2D eigenvalue weighted by molar-refractivity contribution is -0.147. The van der Waals surface area contributed by atoms with E-state index in [-0.39, 0.29) is 31.2 Å². The summed E-state index contributed by atoms with van der Waals surface area (Å²) in [4.78, 5) is 44.4. The van der Waals surface area contributed by atoms with Crippen LogP contribution in [0.1, 0.15) is 38.5 Å². The molecule has 4 atom stereocenters. The molecular weight excluding hydrogens is 412 g/mol. The van der Waals surface area contributed by atoms with E-state index < -0.39 is 40.5 Å². The van der Waals surface area contributed by atoms with Gasteiger partial charge in [-0.3, -0.25) is 14.2 Å². The van der Waals surface area contributed by atoms with E-state index in [9.17, 15) is 27.9 Å². The first-order chi connectivity index (χ1) is 13.6. The van der Waals surface area contributed by atoms with Gasteiger partial charge in [0.25, 0.3) is 5.91 Å². The van der Waals surface area contributed by atoms with Crippen LogP contribution in [-0.2, 0) is 24.3 Å². The molecule has 13 nitrogen and oxygen atoms in total. The minimum atomic E-state index is -4.85. The molecular formula is C15H22N4O9S. The van der Waals surface area contributed by atoms with Crippen molar-refractivity contribution in [2.75, 3.05) is 6.54 Å². The molecule has 0 aliphatic carbocycles. The Hall–Kier alpha value is -2.16. The normalized spacial score (nSPS) is 33.9. The van der Waals surface area contributed by atoms with Gasteiger partial charge in [0.05, 0.1) is 12.1 Å². The highest BCUT2D eigenvalue weighted by Crippen LogP contribution is 2.37. The Morgan fingerprint density at radius 2 is 1.69 bits per heavy atom. The molecule has 4 amide bonds. The van der Waals surface area contributed by atoms with Gasteiger partial charge < -0.3 is 14.9 Å². The van der Waals surface area contributed by atoms with E-state index in [0.717, 1.165) is 12.8 Å². The molecule has 4 aliphatic heterocycles. The fourth-order valence-electron chi connectivity index (χ4n) is 4.85. The van der Waals surface area contributed by atoms with Crippen LogP contribution in [0.15, 0.2) is 0 Å². The summed E-state index contributed by atoms with van der Waals surface area (Å²) in [5, 5.41) is 9.85. The predicted octanol–water partition coefficient (Wildman–Crippen LogP) is -0.289. The van der Waals surface area contributed by atoms with Gasteiger partial charge in [0, 0.05) is 18.6 Å². The van der Waals surface area contributed by atoms with Gasteiger partial charge in [-0.1, -0.05) is 0 Å². The standard InChI is InChI=1S/C15H22N4O9S/c20-13(16-27-11-5-8-1-2-9(6-11)18(8)15(22)23)12-4-3-10-7-17(12)14(21)19(10)28-29(24,25)26/h8-12H,1-7H2,(H,16,20)(H,22,23)(H,24,25,26)/t8?,9?,10-,11?,12+/m1/s1. The fourth-order valence-corrected chi connectivity index (χ4v) is 5.24. The summed E-state index contributed by atoms with van der Waals surface area (Å²) in [7, 11) is -4.85. The highest BCUT2D eigenvalue weighted by molar-refractivity contribution is 7.80. The van der Waals surface area contributed by atoms with Gasteiger partial charge in [0.1, 0.15) is 6.04 Å². The van der Waals surface area contributed by atoms with Crippen molar-refractivity contribution < 1.29 is 41.6 Å². The lowest BCUT2D eigenvalue weighted by Crippen LogP contribution is -2.52. The lowest BCUT2D eigenvalue weighted by Gasteiger charge is -2.37. The fraction of sp³-hybridized carbons (Fsp3) is 0.800. The molecule has 0 aromatic rings. The maximum absolute atomic E-state index is 12.6. The van der Waals surface area contributed by atoms with Crippen LogP contribution in [0.25, 0.3) is 0 Å². The van der Waals surface area contributed by atoms with Crippen LogP contribution >= 0.6 is 0 Å². The molecule has 14 heteroatoms. The highest BCUT2D eigenvalue weighted by Gasteiger charge is 2.50. The number of amides is 4. The molecule has 4 aliphatic rings. The molecule has 29 heavy (non-hydrogen) atoms. The second-order valence-electron chi connectivity index (χ2n) is 7.76. The molecule has 4 saturated heterocycles. The Morgan fingerprint density at radius 3 is 2.28 bits per heavy atom. The number of urea groups is 1. The lowest BCUT2D eigenvalue weighted by atomic mass is 10.00. The Morgan fingerprint density at radius 1 is 1.07 bits per heavy atom. The van der Waals surface area contributed by atoms with Crippen molar-refractivity contribution in [2.45, 2.75) is 68.8 Å². The Balaban J connectivity index is 1.32. The van der Waals surface area contributed by atoms with Gasteiger partial charge >= 0.3 is 22.5 Å². The van der Waals surface area contributed by atoms with Gasteiger partial charge in [-0.15, -0.1) is 4.28 Å². The summed E-state index contributed by atoms with van der Waals surface area (Å²) in [6, 6.07) is -2.52. The molecule has 0 aromatic heterocycles. The number of fused-ring (bicyclic) bond motifs is 4. The SMILES string of the molecule is O=C(NOC1CC2CCC(C1)N2C(=O)O)[C@@H]1CC[C@@H]2CN1C(=O)N2OS(=O)(=O)O. The van der Waals surface area contributed by atoms with Gasteiger partial charge in [-0.2, -0.15) is 13.5 Å². The smallest absolute Gasteiger partial charge is 0.418 e. The molecule has 0 spiro atoms. The van der Waals surface area contributed by atoms with Gasteiger partial charge in [-0.05, 0) is 38.5 Å². The number of carbonyl (C=O) groups excluding carboxylic acids is 2. The van der Waals surface area contributed by atoms with Crippen molar-refractivity contribution in [3.63, 3.8) is 0 Å². The number of rotatable bonds is 5. The van der Waals surface area contributed by atoms with Gasteiger partial charge in [-0.25, -0.2) is 15.1 Å². The summed E-state index contributed by atoms with van der Waals surface area (Å²) in [6.45, 7) is 0.0909. The Kier molecular flexibility index (Phi) is 5.04. The van der Waals surface area contributed by atoms with E-state index in [1.54, 1.807) is 0 Å². The van der Waals surface area contributed by atoms with Crippen LogP contribution in [0.4, 0.5) is 9.59 Å². The van der Waals surface area contributed by atoms with E-state index >= 15 is 0 Å². The molecule has 3 N–H and O–H groups in total. The Bertz CT molecular complexity index is 807. The van der Waals surface area contributed by atoms with Crippen LogP contribution in [-0.4, -0.2) is 87.8 Å². The zero-order valence-electron chi connectivity index (χ0n) is 15.3. The third-order valence-corrected chi connectivity index (χ3v) is 6.39. The molecule has 2 unspecified atom stereocenters. The van der Waals surface area contributed by atoms with E-state index in [0.29, 0.717) is 24.3 Å². The number of hydrogen-bond donors (Lipinski definition) is 3. The van der Waals surface area contributed by atoms with E-state index in [2.05, 4.69) is 9.76 Å². The molecule has 4 heterocycles. The summed E-state index contributed by atoms with van der Waals surface area (Å²) in [5.41, 5.74) is 2.38. The van der Waals surface area contributed by atoms with Crippen molar-refractivity contribution in [2.24, 2.45) is 0 Å². The summed E-state index contributed by atoms with van der Waals surface area (Å²) in [5.74, 6) is -0.543. The second kappa shape index (κ2) is 7.27. The average molecular weight is 434 g/mol. The van der Waals surface area contributed by atoms with E-state index in [1.807, 2.05) is 0 Å². The van der Waals surface area contributed by atoms with Crippen molar-refractivity contribution in [1.29, 1.82) is 0 Å². The molecule has 0 radical (unpaired) electrons. The number of hydrogen-bond acceptors (Lipinski definition) is 7. The van der Waals surface area contributed by atoms with Crippen molar-refractivity contribution in [1.82, 2.24) is 20.3 Å². The molecule has 0 saturated carbocycles. The maximum atomic E-state index is 12.6. The largest absolute Gasteiger partial charge is 0.465 e. The van der Waals surface area contributed by atoms with Crippen LogP contribution in [0.3, 0.4) is 0 Å². The zero-order chi connectivity index (χ0) is 20.9. The highest BCUT2D eigenvalue weighted by atomic mass is 32.3. The number of carbonyl (C=O) groups is 3. The number of carboxylic acid groups (broad SMARTS) is 1. The number of nitrogens with one attached hydrogen (secondary N) is 1. The number of nitrogens with zero attached hydrogens (tertiary/aromatic N) is 3. The van der Waals surface area contributed by atoms with Gasteiger partial charge in [0.15, 0.2) is 0 Å². The predicted molar refractivity (Wildman–Crippen MR) is 92.3 cm³/mol. The third kappa shape index (κ3) is 3.84. The summed E-state index contributed by atoms with van der Waals surface area (Å²) < 4.78 is 35.0. The van der Waals surface area contributed by atoms with Crippen molar-refractivity contribution in [3.8, 4) is 0 Å². The van der Waals surface area contributed by atoms with Crippen LogP contribution in [0, 0.1) is 0 Å². The Labute approximate surface area is 166 Å². The monoisotopic (exact) mass is 434 g/mol. The average Bonchev–Trinajstić information content (AvgIpc) is 3.05. The van der Waals surface area contributed by atoms with Crippen LogP contribution < -0.4 is 5.48 Å². The summed E-state index contributed by atoms with van der Waals surface area (Å²) >= 11 is 0. The van der Waals surface area contributed by atoms with E-state index in [1.165, 1.54) is 9.80 Å². The molecule has 4 rings (SSSR count). The molecule has 162 valence electrons. The summed E-state index contributed by atoms with van der Waals surface area (Å²) in [6.07, 6.45) is 1.82. The number of hydroxylamine groups is 3. The molecule has 4 fully saturated rings. The topological polar surface area (TPSA) is 166 Å². The zero-order valence-corrected chi connectivity index (χ0v) is 16.2. The van der Waals surface area contributed by atoms with Crippen LogP contribution in [0.2, 0.25) is 0 Å². The first-order valence-electron chi connectivity index (χ1n) is 9.37. The van der Waals surface area contributed by atoms with Crippen molar-refractivity contribution >= 4 is 28.4 Å². The molecule has 0 aromatic carbocycles.